The minimum atomic E-state index is 0.569. The summed E-state index contributed by atoms with van der Waals surface area (Å²) in [5, 5.41) is 17.9. The summed E-state index contributed by atoms with van der Waals surface area (Å²) in [7, 11) is 0. The van der Waals surface area contributed by atoms with Crippen molar-refractivity contribution in [1.29, 1.82) is 0 Å². The Hall–Kier alpha value is -2.87. The average molecular weight is 392 g/mol. The van der Waals surface area contributed by atoms with Crippen LogP contribution in [-0.4, -0.2) is 25.3 Å². The van der Waals surface area contributed by atoms with Crippen molar-refractivity contribution in [3.05, 3.63) is 40.9 Å². The standard InChI is InChI=1S/C20H20N6OS/c1-11-18(12(2)27-26-11)14-9-16-15(21-10-14)7-8-17(22-16)23-20-25-24-19(28-20)13-5-3-4-6-13/h7-10,13H,3-6H2,1-2H3,(H,22,23,25). The van der Waals surface area contributed by atoms with Crippen molar-refractivity contribution < 1.29 is 4.52 Å². The number of hydrogen-bond donors (Lipinski definition) is 1. The molecule has 0 aromatic carbocycles. The number of hydrogen-bond acceptors (Lipinski definition) is 8. The first kappa shape index (κ1) is 17.2. The van der Waals surface area contributed by atoms with Crippen LogP contribution in [0, 0.1) is 13.8 Å². The van der Waals surface area contributed by atoms with Crippen molar-refractivity contribution in [2.75, 3.05) is 5.32 Å². The summed E-state index contributed by atoms with van der Waals surface area (Å²) in [6.45, 7) is 3.83. The van der Waals surface area contributed by atoms with Crippen molar-refractivity contribution in [2.24, 2.45) is 0 Å². The zero-order chi connectivity index (χ0) is 19.1. The maximum atomic E-state index is 5.28. The summed E-state index contributed by atoms with van der Waals surface area (Å²) in [5.74, 6) is 2.08. The van der Waals surface area contributed by atoms with Gasteiger partial charge in [0.05, 0.1) is 16.7 Å². The fourth-order valence-electron chi connectivity index (χ4n) is 3.84. The molecule has 1 aliphatic rings. The number of aryl methyl sites for hydroxylation is 2. The van der Waals surface area contributed by atoms with Gasteiger partial charge in [-0.2, -0.15) is 0 Å². The third kappa shape index (κ3) is 3.13. The van der Waals surface area contributed by atoms with Crippen LogP contribution < -0.4 is 5.32 Å². The van der Waals surface area contributed by atoms with E-state index in [4.69, 9.17) is 9.51 Å². The average Bonchev–Trinajstić information content (AvgIpc) is 3.43. The lowest BCUT2D eigenvalue weighted by Gasteiger charge is -2.05. The Morgan fingerprint density at radius 2 is 1.96 bits per heavy atom. The molecule has 4 aromatic heterocycles. The first-order valence-electron chi connectivity index (χ1n) is 9.48. The lowest BCUT2D eigenvalue weighted by Crippen LogP contribution is -1.94. The van der Waals surface area contributed by atoms with E-state index in [2.05, 4.69) is 25.7 Å². The Kier molecular flexibility index (Phi) is 4.27. The number of nitrogens with one attached hydrogen (secondary N) is 1. The van der Waals surface area contributed by atoms with Gasteiger partial charge in [-0.25, -0.2) is 4.98 Å². The molecule has 0 bridgehead atoms. The molecule has 0 spiro atoms. The van der Waals surface area contributed by atoms with Crippen LogP contribution in [0.2, 0.25) is 0 Å². The monoisotopic (exact) mass is 392 g/mol. The predicted octanol–water partition coefficient (Wildman–Crippen LogP) is 5.15. The molecule has 5 rings (SSSR count). The number of pyridine rings is 2. The number of nitrogens with zero attached hydrogens (tertiary/aromatic N) is 5. The van der Waals surface area contributed by atoms with Crippen molar-refractivity contribution in [1.82, 2.24) is 25.3 Å². The first-order chi connectivity index (χ1) is 13.7. The van der Waals surface area contributed by atoms with Crippen LogP contribution in [-0.2, 0) is 0 Å². The van der Waals surface area contributed by atoms with Gasteiger partial charge < -0.3 is 9.84 Å². The molecular weight excluding hydrogens is 372 g/mol. The molecule has 0 amide bonds. The smallest absolute Gasteiger partial charge is 0.211 e. The van der Waals surface area contributed by atoms with Gasteiger partial charge in [0.15, 0.2) is 0 Å². The summed E-state index contributed by atoms with van der Waals surface area (Å²) in [6, 6.07) is 5.90. The summed E-state index contributed by atoms with van der Waals surface area (Å²) >= 11 is 1.63. The predicted molar refractivity (Wildman–Crippen MR) is 109 cm³/mol. The first-order valence-corrected chi connectivity index (χ1v) is 10.3. The highest BCUT2D eigenvalue weighted by atomic mass is 32.1. The molecule has 0 atom stereocenters. The quantitative estimate of drug-likeness (QED) is 0.513. The van der Waals surface area contributed by atoms with Crippen LogP contribution in [0.4, 0.5) is 10.9 Å². The molecule has 1 saturated carbocycles. The molecule has 142 valence electrons. The van der Waals surface area contributed by atoms with E-state index in [-0.39, 0.29) is 0 Å². The van der Waals surface area contributed by atoms with Gasteiger partial charge in [-0.1, -0.05) is 29.3 Å². The zero-order valence-electron chi connectivity index (χ0n) is 15.8. The highest BCUT2D eigenvalue weighted by molar-refractivity contribution is 7.15. The second kappa shape index (κ2) is 6.94. The lowest BCUT2D eigenvalue weighted by atomic mass is 10.1. The normalized spacial score (nSPS) is 14.8. The highest BCUT2D eigenvalue weighted by Gasteiger charge is 2.21. The maximum Gasteiger partial charge on any atom is 0.211 e. The van der Waals surface area contributed by atoms with Gasteiger partial charge in [0, 0.05) is 23.2 Å². The molecule has 8 heteroatoms. The van der Waals surface area contributed by atoms with Crippen LogP contribution in [0.3, 0.4) is 0 Å². The molecule has 7 nitrogen and oxygen atoms in total. The van der Waals surface area contributed by atoms with Gasteiger partial charge in [0.25, 0.3) is 0 Å². The van der Waals surface area contributed by atoms with E-state index in [1.54, 1.807) is 11.3 Å². The summed E-state index contributed by atoms with van der Waals surface area (Å²) in [6.07, 6.45) is 6.86. The molecule has 1 aliphatic carbocycles. The molecule has 28 heavy (non-hydrogen) atoms. The van der Waals surface area contributed by atoms with Crippen molar-refractivity contribution in [2.45, 2.75) is 45.4 Å². The zero-order valence-corrected chi connectivity index (χ0v) is 16.6. The minimum absolute atomic E-state index is 0.569. The molecule has 4 heterocycles. The third-order valence-electron chi connectivity index (χ3n) is 5.24. The van der Waals surface area contributed by atoms with Crippen LogP contribution in [0.25, 0.3) is 22.2 Å². The van der Waals surface area contributed by atoms with Crippen LogP contribution in [0.1, 0.15) is 48.1 Å². The van der Waals surface area contributed by atoms with E-state index in [1.165, 1.54) is 25.7 Å². The van der Waals surface area contributed by atoms with Crippen molar-refractivity contribution in [3.63, 3.8) is 0 Å². The van der Waals surface area contributed by atoms with E-state index in [9.17, 15) is 0 Å². The van der Waals surface area contributed by atoms with Gasteiger partial charge in [-0.3, -0.25) is 4.98 Å². The summed E-state index contributed by atoms with van der Waals surface area (Å²) < 4.78 is 5.28. The van der Waals surface area contributed by atoms with Gasteiger partial charge in [-0.15, -0.1) is 10.2 Å². The number of rotatable bonds is 4. The Morgan fingerprint density at radius 1 is 1.11 bits per heavy atom. The lowest BCUT2D eigenvalue weighted by molar-refractivity contribution is 0.393. The molecule has 4 aromatic rings. The van der Waals surface area contributed by atoms with Crippen molar-refractivity contribution in [3.8, 4) is 11.1 Å². The van der Waals surface area contributed by atoms with Gasteiger partial charge in [-0.05, 0) is 44.9 Å². The van der Waals surface area contributed by atoms with Crippen molar-refractivity contribution >= 4 is 33.3 Å². The second-order valence-electron chi connectivity index (χ2n) is 7.21. The number of anilines is 2. The number of aromatic nitrogens is 5. The highest BCUT2D eigenvalue weighted by Crippen LogP contribution is 2.37. The Balaban J connectivity index is 1.44. The molecular formula is C20H20N6OS. The fourth-order valence-corrected chi connectivity index (χ4v) is 4.76. The van der Waals surface area contributed by atoms with E-state index < -0.39 is 0 Å². The maximum absolute atomic E-state index is 5.28. The van der Waals surface area contributed by atoms with Crippen LogP contribution in [0.15, 0.2) is 28.9 Å². The van der Waals surface area contributed by atoms with E-state index >= 15 is 0 Å². The van der Waals surface area contributed by atoms with Gasteiger partial charge in [0.2, 0.25) is 5.13 Å². The molecule has 1 N–H and O–H groups in total. The molecule has 1 fully saturated rings. The van der Waals surface area contributed by atoms with Gasteiger partial charge in [0.1, 0.15) is 16.6 Å². The molecule has 0 aliphatic heterocycles. The Bertz CT molecular complexity index is 1130. The van der Waals surface area contributed by atoms with Gasteiger partial charge >= 0.3 is 0 Å². The minimum Gasteiger partial charge on any atom is -0.361 e. The van der Waals surface area contributed by atoms with E-state index in [0.29, 0.717) is 5.92 Å². The third-order valence-corrected chi connectivity index (χ3v) is 6.24. The van der Waals surface area contributed by atoms with Crippen LogP contribution in [0.5, 0.6) is 0 Å². The summed E-state index contributed by atoms with van der Waals surface area (Å²) in [4.78, 5) is 9.26. The van der Waals surface area contributed by atoms with E-state index in [0.717, 1.165) is 49.6 Å². The molecule has 0 unspecified atom stereocenters. The molecule has 0 saturated heterocycles. The Morgan fingerprint density at radius 3 is 2.75 bits per heavy atom. The largest absolute Gasteiger partial charge is 0.361 e. The fraction of sp³-hybridized carbons (Fsp3) is 0.350. The second-order valence-corrected chi connectivity index (χ2v) is 8.22. The topological polar surface area (TPSA) is 89.6 Å². The number of fused-ring (bicyclic) bond motifs is 1. The SMILES string of the molecule is Cc1noc(C)c1-c1cnc2ccc(Nc3nnc(C4CCCC4)s3)nc2c1. The molecule has 0 radical (unpaired) electrons. The van der Waals surface area contributed by atoms with E-state index in [1.807, 2.05) is 38.2 Å². The van der Waals surface area contributed by atoms with Crippen LogP contribution >= 0.6 is 11.3 Å². The summed E-state index contributed by atoms with van der Waals surface area (Å²) in [5.41, 5.74) is 4.42. The Labute approximate surface area is 166 Å².